The third-order valence-corrected chi connectivity index (χ3v) is 6.02. The van der Waals surface area contributed by atoms with Gasteiger partial charge in [0.2, 0.25) is 12.7 Å². The van der Waals surface area contributed by atoms with Gasteiger partial charge in [0.15, 0.2) is 11.5 Å². The van der Waals surface area contributed by atoms with Crippen LogP contribution in [0.5, 0.6) is 23.0 Å². The van der Waals surface area contributed by atoms with Gasteiger partial charge in [0.05, 0.1) is 20.1 Å². The molecule has 9 nitrogen and oxygen atoms in total. The number of rotatable bonds is 7. The Kier molecular flexibility index (Phi) is 6.76. The summed E-state index contributed by atoms with van der Waals surface area (Å²) in [7, 11) is 3.18. The lowest BCUT2D eigenvalue weighted by Crippen LogP contribution is -2.39. The molecule has 0 saturated carbocycles. The molecule has 9 heteroatoms. The van der Waals surface area contributed by atoms with Gasteiger partial charge in [-0.2, -0.15) is 0 Å². The van der Waals surface area contributed by atoms with Crippen molar-refractivity contribution in [2.75, 3.05) is 40.6 Å². The van der Waals surface area contributed by atoms with E-state index in [9.17, 15) is 9.59 Å². The Morgan fingerprint density at radius 2 is 1.85 bits per heavy atom. The molecule has 33 heavy (non-hydrogen) atoms. The maximum Gasteiger partial charge on any atom is 0.317 e. The SMILES string of the molecule is CCNC(=O)N1C[C@H](C(=O)NCc2ccc3c(c2)OCO3)[C@H](c2ccc(OC)cc2OC)C1. The average Bonchev–Trinajstić information content (AvgIpc) is 3.49. The predicted octanol–water partition coefficient (Wildman–Crippen LogP) is 2.49. The van der Waals surface area contributed by atoms with Gasteiger partial charge in [-0.1, -0.05) is 12.1 Å². The zero-order valence-corrected chi connectivity index (χ0v) is 19.1. The first-order valence-electron chi connectivity index (χ1n) is 10.9. The molecule has 2 aliphatic rings. The first-order chi connectivity index (χ1) is 16.0. The number of ether oxygens (including phenoxy) is 4. The fourth-order valence-electron chi connectivity index (χ4n) is 4.31. The summed E-state index contributed by atoms with van der Waals surface area (Å²) in [5, 5.41) is 5.85. The zero-order chi connectivity index (χ0) is 23.4. The van der Waals surface area contributed by atoms with Crippen molar-refractivity contribution in [1.29, 1.82) is 0 Å². The maximum atomic E-state index is 13.3. The molecule has 2 aromatic carbocycles. The molecule has 0 radical (unpaired) electrons. The van der Waals surface area contributed by atoms with E-state index in [-0.39, 0.29) is 24.6 Å². The van der Waals surface area contributed by atoms with Crippen molar-refractivity contribution in [3.63, 3.8) is 0 Å². The van der Waals surface area contributed by atoms with Gasteiger partial charge in [-0.25, -0.2) is 4.79 Å². The molecule has 0 spiro atoms. The number of likely N-dealkylation sites (tertiary alicyclic amines) is 1. The van der Waals surface area contributed by atoms with Crippen molar-refractivity contribution < 1.29 is 28.5 Å². The summed E-state index contributed by atoms with van der Waals surface area (Å²) in [6, 6.07) is 11.0. The monoisotopic (exact) mass is 455 g/mol. The van der Waals surface area contributed by atoms with Crippen LogP contribution < -0.4 is 29.6 Å². The van der Waals surface area contributed by atoms with E-state index in [4.69, 9.17) is 18.9 Å². The van der Waals surface area contributed by atoms with Crippen molar-refractivity contribution in [3.8, 4) is 23.0 Å². The molecule has 0 unspecified atom stereocenters. The molecule has 176 valence electrons. The van der Waals surface area contributed by atoms with Gasteiger partial charge in [-0.05, 0) is 30.7 Å². The lowest BCUT2D eigenvalue weighted by molar-refractivity contribution is -0.125. The van der Waals surface area contributed by atoms with Crippen molar-refractivity contribution in [3.05, 3.63) is 47.5 Å². The number of hydrogen-bond donors (Lipinski definition) is 2. The Labute approximate surface area is 192 Å². The Morgan fingerprint density at radius 3 is 2.61 bits per heavy atom. The Balaban J connectivity index is 1.53. The second-order valence-corrected chi connectivity index (χ2v) is 7.97. The Bertz CT molecular complexity index is 1030. The molecule has 2 heterocycles. The van der Waals surface area contributed by atoms with Gasteiger partial charge in [0, 0.05) is 43.7 Å². The van der Waals surface area contributed by atoms with Crippen molar-refractivity contribution in [1.82, 2.24) is 15.5 Å². The summed E-state index contributed by atoms with van der Waals surface area (Å²) in [4.78, 5) is 27.5. The fraction of sp³-hybridized carbons (Fsp3) is 0.417. The number of hydrogen-bond acceptors (Lipinski definition) is 6. The normalized spacial score (nSPS) is 18.7. The molecule has 3 amide bonds. The minimum Gasteiger partial charge on any atom is -0.497 e. The lowest BCUT2D eigenvalue weighted by Gasteiger charge is -2.21. The van der Waals surface area contributed by atoms with Crippen LogP contribution in [0, 0.1) is 5.92 Å². The summed E-state index contributed by atoms with van der Waals surface area (Å²) in [6.07, 6.45) is 0. The molecule has 4 rings (SSSR count). The summed E-state index contributed by atoms with van der Waals surface area (Å²) in [5.74, 6) is 1.90. The highest BCUT2D eigenvalue weighted by Crippen LogP contribution is 2.39. The Morgan fingerprint density at radius 1 is 1.03 bits per heavy atom. The van der Waals surface area contributed by atoms with Crippen LogP contribution in [-0.2, 0) is 11.3 Å². The van der Waals surface area contributed by atoms with Crippen LogP contribution in [0.2, 0.25) is 0 Å². The van der Waals surface area contributed by atoms with E-state index in [0.717, 1.165) is 11.1 Å². The number of methoxy groups -OCH3 is 2. The minimum atomic E-state index is -0.427. The van der Waals surface area contributed by atoms with Crippen LogP contribution in [0.15, 0.2) is 36.4 Å². The van der Waals surface area contributed by atoms with Crippen LogP contribution in [0.25, 0.3) is 0 Å². The average molecular weight is 456 g/mol. The van der Waals surface area contributed by atoms with Gasteiger partial charge in [-0.15, -0.1) is 0 Å². The highest BCUT2D eigenvalue weighted by molar-refractivity contribution is 5.83. The van der Waals surface area contributed by atoms with Crippen LogP contribution in [-0.4, -0.2) is 57.5 Å². The van der Waals surface area contributed by atoms with Crippen molar-refractivity contribution >= 4 is 11.9 Å². The van der Waals surface area contributed by atoms with Gasteiger partial charge >= 0.3 is 6.03 Å². The predicted molar refractivity (Wildman–Crippen MR) is 121 cm³/mol. The van der Waals surface area contributed by atoms with Gasteiger partial charge < -0.3 is 34.5 Å². The number of urea groups is 1. The Hall–Kier alpha value is -3.62. The fourth-order valence-corrected chi connectivity index (χ4v) is 4.31. The van der Waals surface area contributed by atoms with Gasteiger partial charge in [0.1, 0.15) is 11.5 Å². The number of amides is 3. The first kappa shape index (κ1) is 22.6. The molecule has 1 saturated heterocycles. The largest absolute Gasteiger partial charge is 0.497 e. The van der Waals surface area contributed by atoms with Crippen molar-refractivity contribution in [2.45, 2.75) is 19.4 Å². The molecular weight excluding hydrogens is 426 g/mol. The van der Waals surface area contributed by atoms with Crippen molar-refractivity contribution in [2.24, 2.45) is 5.92 Å². The zero-order valence-electron chi connectivity index (χ0n) is 19.1. The highest BCUT2D eigenvalue weighted by atomic mass is 16.7. The maximum absolute atomic E-state index is 13.3. The number of nitrogens with zero attached hydrogens (tertiary/aromatic N) is 1. The van der Waals surface area contributed by atoms with E-state index in [0.29, 0.717) is 49.2 Å². The third kappa shape index (κ3) is 4.76. The summed E-state index contributed by atoms with van der Waals surface area (Å²) >= 11 is 0. The minimum absolute atomic E-state index is 0.123. The van der Waals surface area contributed by atoms with E-state index >= 15 is 0 Å². The van der Waals surface area contributed by atoms with Gasteiger partial charge in [-0.3, -0.25) is 4.79 Å². The molecular formula is C24H29N3O6. The second-order valence-electron chi connectivity index (χ2n) is 7.97. The second kappa shape index (κ2) is 9.89. The van der Waals surface area contributed by atoms with E-state index in [1.807, 2.05) is 37.3 Å². The summed E-state index contributed by atoms with van der Waals surface area (Å²) in [5.41, 5.74) is 1.78. The molecule has 2 aromatic rings. The van der Waals surface area contributed by atoms with E-state index < -0.39 is 5.92 Å². The summed E-state index contributed by atoms with van der Waals surface area (Å²) < 4.78 is 21.7. The number of carbonyl (C=O) groups excluding carboxylic acids is 2. The molecule has 0 aliphatic carbocycles. The van der Waals surface area contributed by atoms with E-state index in [1.54, 1.807) is 25.2 Å². The lowest BCUT2D eigenvalue weighted by atomic mass is 9.87. The molecule has 0 bridgehead atoms. The number of fused-ring (bicyclic) bond motifs is 1. The van der Waals surface area contributed by atoms with Crippen LogP contribution in [0.1, 0.15) is 24.0 Å². The molecule has 1 fully saturated rings. The molecule has 2 N–H and O–H groups in total. The van der Waals surface area contributed by atoms with E-state index in [1.165, 1.54) is 0 Å². The number of benzene rings is 2. The highest BCUT2D eigenvalue weighted by Gasteiger charge is 2.41. The quantitative estimate of drug-likeness (QED) is 0.666. The molecule has 0 aromatic heterocycles. The van der Waals surface area contributed by atoms with Crippen LogP contribution in [0.3, 0.4) is 0 Å². The standard InChI is InChI=1S/C24H29N3O6/c1-4-25-24(29)27-12-18(17-7-6-16(30-2)10-21(17)31-3)19(13-27)23(28)26-11-15-5-8-20-22(9-15)33-14-32-20/h5-10,18-19H,4,11-14H2,1-3H3,(H,25,29)(H,26,28)/t18-,19-/m0/s1. The number of nitrogens with one attached hydrogen (secondary N) is 2. The summed E-state index contributed by atoms with van der Waals surface area (Å²) in [6.45, 7) is 3.67. The van der Waals surface area contributed by atoms with Gasteiger partial charge in [0.25, 0.3) is 0 Å². The molecule has 2 aliphatic heterocycles. The van der Waals surface area contributed by atoms with Crippen LogP contribution >= 0.6 is 0 Å². The number of carbonyl (C=O) groups is 2. The van der Waals surface area contributed by atoms with Crippen LogP contribution in [0.4, 0.5) is 4.79 Å². The topological polar surface area (TPSA) is 98.4 Å². The van der Waals surface area contributed by atoms with E-state index in [2.05, 4.69) is 10.6 Å². The smallest absolute Gasteiger partial charge is 0.317 e. The first-order valence-corrected chi connectivity index (χ1v) is 10.9. The third-order valence-electron chi connectivity index (χ3n) is 6.02. The molecule has 2 atom stereocenters.